The van der Waals surface area contributed by atoms with E-state index in [4.69, 9.17) is 14.2 Å². The van der Waals surface area contributed by atoms with Gasteiger partial charge in [0, 0.05) is 17.5 Å². The van der Waals surface area contributed by atoms with Crippen molar-refractivity contribution in [3.05, 3.63) is 29.3 Å². The van der Waals surface area contributed by atoms with E-state index >= 15 is 0 Å². The number of carbonyl (C=O) groups is 2. The molecule has 6 heteroatoms. The molecule has 0 amide bonds. The summed E-state index contributed by atoms with van der Waals surface area (Å²) in [6.45, 7) is 8.57. The molecule has 0 aromatic heterocycles. The fourth-order valence-electron chi connectivity index (χ4n) is 6.72. The summed E-state index contributed by atoms with van der Waals surface area (Å²) in [4.78, 5) is 28.9. The number of hydrogen-bond acceptors (Lipinski definition) is 6. The molecule has 2 aliphatic carbocycles. The number of nitrogens with zero attached hydrogens (tertiary/aromatic N) is 1. The smallest absolute Gasteiger partial charge is 0.325 e. The topological polar surface area (TPSA) is 65.1 Å². The van der Waals surface area contributed by atoms with Crippen LogP contribution in [0, 0.1) is 10.8 Å². The lowest BCUT2D eigenvalue weighted by Gasteiger charge is -2.71. The Hall–Kier alpha value is -2.08. The van der Waals surface area contributed by atoms with Gasteiger partial charge in [-0.1, -0.05) is 19.9 Å². The van der Waals surface area contributed by atoms with Gasteiger partial charge in [-0.15, -0.1) is 0 Å². The summed E-state index contributed by atoms with van der Waals surface area (Å²) >= 11 is 0. The summed E-state index contributed by atoms with van der Waals surface area (Å²) in [5.74, 6) is -0.0502. The van der Waals surface area contributed by atoms with Crippen LogP contribution in [-0.2, 0) is 30.9 Å². The highest BCUT2D eigenvalue weighted by atomic mass is 16.6. The zero-order valence-electron chi connectivity index (χ0n) is 18.9. The van der Waals surface area contributed by atoms with Crippen LogP contribution in [-0.4, -0.2) is 56.3 Å². The van der Waals surface area contributed by atoms with E-state index in [-0.39, 0.29) is 36.1 Å². The van der Waals surface area contributed by atoms with Gasteiger partial charge in [0.1, 0.15) is 5.75 Å². The lowest BCUT2D eigenvalue weighted by molar-refractivity contribution is -0.219. The van der Waals surface area contributed by atoms with E-state index in [1.54, 1.807) is 21.0 Å². The highest BCUT2D eigenvalue weighted by Gasteiger charge is 2.74. The fourth-order valence-corrected chi connectivity index (χ4v) is 6.72. The summed E-state index contributed by atoms with van der Waals surface area (Å²) in [7, 11) is 3.73. The lowest BCUT2D eigenvalue weighted by atomic mass is 9.39. The molecule has 4 unspecified atom stereocenters. The zero-order valence-corrected chi connectivity index (χ0v) is 18.9. The minimum atomic E-state index is -1.29. The van der Waals surface area contributed by atoms with Crippen molar-refractivity contribution in [3.63, 3.8) is 0 Å². The second kappa shape index (κ2) is 6.98. The maximum atomic E-state index is 13.3. The maximum Gasteiger partial charge on any atom is 0.325 e. The van der Waals surface area contributed by atoms with Crippen LogP contribution in [0.2, 0.25) is 0 Å². The molecule has 2 saturated heterocycles. The number of rotatable bonds is 5. The minimum absolute atomic E-state index is 0.181. The van der Waals surface area contributed by atoms with Gasteiger partial charge < -0.3 is 14.2 Å². The molecule has 5 rings (SSSR count). The van der Waals surface area contributed by atoms with Crippen molar-refractivity contribution in [1.29, 1.82) is 0 Å². The van der Waals surface area contributed by atoms with Gasteiger partial charge in [0.05, 0.1) is 20.3 Å². The molecule has 3 fully saturated rings. The Kier molecular flexibility index (Phi) is 4.92. The Morgan fingerprint density at radius 1 is 1.10 bits per heavy atom. The summed E-state index contributed by atoms with van der Waals surface area (Å²) in [5, 5.41) is 0. The third-order valence-corrected chi connectivity index (χ3v) is 8.40. The Morgan fingerprint density at radius 3 is 2.30 bits per heavy atom. The number of methoxy groups -OCH3 is 1. The van der Waals surface area contributed by atoms with Gasteiger partial charge in [-0.3, -0.25) is 14.5 Å². The Balaban J connectivity index is 1.88. The molecule has 1 saturated carbocycles. The highest BCUT2D eigenvalue weighted by Crippen LogP contribution is 2.68. The molecule has 0 spiro atoms. The first-order valence-corrected chi connectivity index (χ1v) is 10.9. The minimum Gasteiger partial charge on any atom is -0.497 e. The van der Waals surface area contributed by atoms with Crippen LogP contribution in [0.25, 0.3) is 0 Å². The molecular weight excluding hydrogens is 382 g/mol. The molecule has 0 N–H and O–H groups in total. The Bertz CT molecular complexity index is 864. The number of likely N-dealkylation sites (N-methyl/N-ethyl adjacent to an activating group) is 1. The molecule has 4 bridgehead atoms. The first-order chi connectivity index (χ1) is 14.2. The number of esters is 2. The monoisotopic (exact) mass is 415 g/mol. The van der Waals surface area contributed by atoms with Gasteiger partial charge in [0.15, 0.2) is 5.41 Å². The van der Waals surface area contributed by atoms with Crippen molar-refractivity contribution in [1.82, 2.24) is 4.90 Å². The average Bonchev–Trinajstić information content (AvgIpc) is 2.71. The normalized spacial score (nSPS) is 33.5. The summed E-state index contributed by atoms with van der Waals surface area (Å²) < 4.78 is 16.5. The molecule has 6 nitrogen and oxygen atoms in total. The predicted molar refractivity (Wildman–Crippen MR) is 112 cm³/mol. The van der Waals surface area contributed by atoms with Crippen LogP contribution in [0.3, 0.4) is 0 Å². The first kappa shape index (κ1) is 21.2. The van der Waals surface area contributed by atoms with Gasteiger partial charge in [0.25, 0.3) is 0 Å². The van der Waals surface area contributed by atoms with E-state index in [1.165, 1.54) is 11.1 Å². The number of ether oxygens (including phenoxy) is 3. The van der Waals surface area contributed by atoms with Gasteiger partial charge in [0.2, 0.25) is 0 Å². The highest BCUT2D eigenvalue weighted by molar-refractivity contribution is 6.01. The summed E-state index contributed by atoms with van der Waals surface area (Å²) in [5.41, 5.74) is 0.836. The van der Waals surface area contributed by atoms with Crippen molar-refractivity contribution in [2.75, 3.05) is 27.4 Å². The third kappa shape index (κ3) is 2.46. The molecule has 4 aliphatic rings. The van der Waals surface area contributed by atoms with E-state index in [9.17, 15) is 9.59 Å². The summed E-state index contributed by atoms with van der Waals surface area (Å²) in [6, 6.07) is 6.30. The van der Waals surface area contributed by atoms with Crippen LogP contribution in [0.15, 0.2) is 18.2 Å². The first-order valence-electron chi connectivity index (χ1n) is 10.9. The van der Waals surface area contributed by atoms with Crippen molar-refractivity contribution < 1.29 is 23.8 Å². The van der Waals surface area contributed by atoms with Crippen molar-refractivity contribution in [2.45, 2.75) is 64.5 Å². The van der Waals surface area contributed by atoms with Gasteiger partial charge in [-0.05, 0) is 68.8 Å². The molecular formula is C24H33NO5. The molecule has 2 aliphatic heterocycles. The lowest BCUT2D eigenvalue weighted by Crippen LogP contribution is -2.78. The second-order valence-corrected chi connectivity index (χ2v) is 9.47. The van der Waals surface area contributed by atoms with Crippen LogP contribution in [0.5, 0.6) is 5.75 Å². The van der Waals surface area contributed by atoms with Crippen molar-refractivity contribution in [3.8, 4) is 5.75 Å². The number of carbonyl (C=O) groups excluding carboxylic acids is 2. The molecule has 2 heterocycles. The molecule has 0 radical (unpaired) electrons. The maximum absolute atomic E-state index is 13.3. The van der Waals surface area contributed by atoms with Crippen LogP contribution in [0.1, 0.15) is 51.7 Å². The van der Waals surface area contributed by atoms with Gasteiger partial charge in [-0.2, -0.15) is 0 Å². The van der Waals surface area contributed by atoms with Crippen molar-refractivity contribution >= 4 is 11.9 Å². The SMILES string of the molecule is CCOC(=O)C1(C(=O)OCC)CC2(C)C3Cc4ccc(OC)cc4C2(C)CC1N3C. The van der Waals surface area contributed by atoms with Gasteiger partial charge in [-0.25, -0.2) is 0 Å². The Labute approximate surface area is 178 Å². The number of fused-ring (bicyclic) bond motifs is 2. The molecule has 1 aromatic rings. The molecule has 4 atom stereocenters. The third-order valence-electron chi connectivity index (χ3n) is 8.40. The van der Waals surface area contributed by atoms with Gasteiger partial charge >= 0.3 is 11.9 Å². The summed E-state index contributed by atoms with van der Waals surface area (Å²) in [6.07, 6.45) is 2.01. The average molecular weight is 416 g/mol. The van der Waals surface area contributed by atoms with E-state index in [2.05, 4.69) is 30.9 Å². The number of piperidine rings is 2. The van der Waals surface area contributed by atoms with E-state index in [1.807, 2.05) is 13.1 Å². The fraction of sp³-hybridized carbons (Fsp3) is 0.667. The van der Waals surface area contributed by atoms with Crippen LogP contribution in [0.4, 0.5) is 0 Å². The van der Waals surface area contributed by atoms with E-state index in [0.717, 1.165) is 12.2 Å². The zero-order chi connectivity index (χ0) is 21.9. The largest absolute Gasteiger partial charge is 0.497 e. The van der Waals surface area contributed by atoms with Crippen LogP contribution >= 0.6 is 0 Å². The van der Waals surface area contributed by atoms with Crippen LogP contribution < -0.4 is 4.74 Å². The quantitative estimate of drug-likeness (QED) is 0.544. The number of benzene rings is 1. The number of hydrogen-bond donors (Lipinski definition) is 0. The molecule has 1 aromatic carbocycles. The van der Waals surface area contributed by atoms with E-state index < -0.39 is 17.4 Å². The molecule has 30 heavy (non-hydrogen) atoms. The standard InChI is InChI=1S/C24H33NO5/c1-7-29-20(26)24(21(27)30-8-2)14-23(4)18-11-15-9-10-16(28-6)12-17(15)22(23,3)13-19(24)25(18)5/h9-10,12,18-19H,7-8,11,13-14H2,1-6H3. The van der Waals surface area contributed by atoms with Crippen molar-refractivity contribution in [2.24, 2.45) is 10.8 Å². The van der Waals surface area contributed by atoms with E-state index in [0.29, 0.717) is 12.8 Å². The second-order valence-electron chi connectivity index (χ2n) is 9.47. The Morgan fingerprint density at radius 2 is 1.73 bits per heavy atom. The molecule has 164 valence electrons. The predicted octanol–water partition coefficient (Wildman–Crippen LogP) is 3.10.